The second-order valence-corrected chi connectivity index (χ2v) is 8.88. The first-order valence-corrected chi connectivity index (χ1v) is 11.4. The van der Waals surface area contributed by atoms with Crippen LogP contribution in [0.4, 0.5) is 11.4 Å². The minimum absolute atomic E-state index is 0.185. The van der Waals surface area contributed by atoms with Gasteiger partial charge in [-0.15, -0.1) is 0 Å². The molecular weight excluding hydrogens is 462 g/mol. The minimum atomic E-state index is -1.26. The Morgan fingerprint density at radius 1 is 1.03 bits per heavy atom. The maximum atomic E-state index is 13.8. The summed E-state index contributed by atoms with van der Waals surface area (Å²) >= 11 is 3.42. The van der Waals surface area contributed by atoms with Crippen LogP contribution in [0.2, 0.25) is 0 Å². The largest absolute Gasteiger partial charge is 0.495 e. The lowest BCUT2D eigenvalue weighted by molar-refractivity contribution is -0.132. The summed E-state index contributed by atoms with van der Waals surface area (Å²) < 4.78 is 5.40. The Morgan fingerprint density at radius 3 is 2.42 bits per heavy atom. The molecule has 7 nitrogen and oxygen atoms in total. The zero-order valence-electron chi connectivity index (χ0n) is 17.2. The fourth-order valence-corrected chi connectivity index (χ4v) is 5.82. The van der Waals surface area contributed by atoms with E-state index in [1.807, 2.05) is 31.2 Å². The number of benzene rings is 2. The zero-order valence-corrected chi connectivity index (χ0v) is 18.8. The van der Waals surface area contributed by atoms with Crippen molar-refractivity contribution in [2.24, 2.45) is 11.8 Å². The van der Waals surface area contributed by atoms with Crippen molar-refractivity contribution < 1.29 is 19.1 Å². The lowest BCUT2D eigenvalue weighted by Crippen LogP contribution is -2.55. The van der Waals surface area contributed by atoms with E-state index in [0.29, 0.717) is 23.3 Å². The van der Waals surface area contributed by atoms with Gasteiger partial charge >= 0.3 is 0 Å². The molecule has 2 aromatic rings. The predicted molar refractivity (Wildman–Crippen MR) is 119 cm³/mol. The van der Waals surface area contributed by atoms with E-state index in [0.717, 1.165) is 11.3 Å². The lowest BCUT2D eigenvalue weighted by Gasteiger charge is -2.30. The summed E-state index contributed by atoms with van der Waals surface area (Å²) in [5.41, 5.74) is 0.686. The predicted octanol–water partition coefficient (Wildman–Crippen LogP) is 2.43. The Labute approximate surface area is 188 Å². The summed E-state index contributed by atoms with van der Waals surface area (Å²) in [7, 11) is 1.51. The number of methoxy groups -OCH3 is 1. The van der Waals surface area contributed by atoms with E-state index in [1.54, 1.807) is 29.2 Å². The molecule has 0 aliphatic carbocycles. The van der Waals surface area contributed by atoms with Crippen LogP contribution in [0.3, 0.4) is 0 Å². The van der Waals surface area contributed by atoms with Crippen LogP contribution in [-0.2, 0) is 19.9 Å². The van der Waals surface area contributed by atoms with Gasteiger partial charge in [0, 0.05) is 29.2 Å². The van der Waals surface area contributed by atoms with Crippen LogP contribution in [0.25, 0.3) is 0 Å². The van der Waals surface area contributed by atoms with E-state index < -0.39 is 17.4 Å². The summed E-state index contributed by atoms with van der Waals surface area (Å²) in [5, 5.41) is 3.99. The second kappa shape index (κ2) is 7.17. The van der Waals surface area contributed by atoms with Crippen molar-refractivity contribution in [1.82, 2.24) is 5.32 Å². The molecule has 5 rings (SSSR count). The quantitative estimate of drug-likeness (QED) is 0.533. The third-order valence-electron chi connectivity index (χ3n) is 6.65. The van der Waals surface area contributed by atoms with Crippen LogP contribution in [0.1, 0.15) is 12.5 Å². The van der Waals surface area contributed by atoms with Gasteiger partial charge < -0.3 is 9.64 Å². The maximum Gasteiger partial charge on any atom is 0.252 e. The molecule has 0 bridgehead atoms. The van der Waals surface area contributed by atoms with Gasteiger partial charge in [-0.05, 0) is 25.1 Å². The number of alkyl halides is 1. The van der Waals surface area contributed by atoms with Crippen molar-refractivity contribution >= 4 is 45.0 Å². The number of para-hydroxylation sites is 3. The molecule has 31 heavy (non-hydrogen) atoms. The molecule has 0 unspecified atom stereocenters. The van der Waals surface area contributed by atoms with Crippen LogP contribution in [0, 0.1) is 11.8 Å². The Hall–Kier alpha value is -2.71. The molecule has 160 valence electrons. The number of carbonyl (C=O) groups excluding carboxylic acids is 3. The van der Waals surface area contributed by atoms with Gasteiger partial charge in [-0.25, -0.2) is 4.90 Å². The average molecular weight is 484 g/mol. The molecule has 8 heteroatoms. The number of imide groups is 1. The first-order valence-electron chi connectivity index (χ1n) is 10.2. The van der Waals surface area contributed by atoms with Crippen molar-refractivity contribution in [2.75, 3.05) is 28.8 Å². The van der Waals surface area contributed by atoms with Gasteiger partial charge in [-0.3, -0.25) is 19.7 Å². The number of carbonyl (C=O) groups is 3. The number of hydrogen-bond acceptors (Lipinski definition) is 5. The third kappa shape index (κ3) is 2.52. The second-order valence-electron chi connectivity index (χ2n) is 8.09. The van der Waals surface area contributed by atoms with Crippen molar-refractivity contribution in [3.05, 3.63) is 54.1 Å². The summed E-state index contributed by atoms with van der Waals surface area (Å²) in [5.74, 6) is -1.89. The van der Waals surface area contributed by atoms with Gasteiger partial charge in [0.1, 0.15) is 11.3 Å². The van der Waals surface area contributed by atoms with Gasteiger partial charge in [0.05, 0.1) is 24.6 Å². The summed E-state index contributed by atoms with van der Waals surface area (Å²) in [6, 6.07) is 14.1. The Kier molecular flexibility index (Phi) is 4.67. The summed E-state index contributed by atoms with van der Waals surface area (Å²) in [6.45, 7) is 2.34. The topological polar surface area (TPSA) is 79.0 Å². The van der Waals surface area contributed by atoms with Crippen LogP contribution < -0.4 is 19.9 Å². The molecule has 1 N–H and O–H groups in total. The molecule has 2 aromatic carbocycles. The normalized spacial score (nSPS) is 29.1. The maximum absolute atomic E-state index is 13.8. The molecule has 2 saturated heterocycles. The van der Waals surface area contributed by atoms with E-state index in [9.17, 15) is 14.4 Å². The number of nitrogens with zero attached hydrogens (tertiary/aromatic N) is 2. The SMILES string of the molecule is COc1ccccc1N1C(=O)[C@@H]2[C@H](C)N[C@]3(C(=O)N(CCBr)c4ccccc43)[C@H]2C1=O. The highest BCUT2D eigenvalue weighted by molar-refractivity contribution is 9.09. The van der Waals surface area contributed by atoms with E-state index in [1.165, 1.54) is 12.0 Å². The number of amides is 3. The average Bonchev–Trinajstić information content (AvgIpc) is 3.32. The number of fused-ring (bicyclic) bond motifs is 4. The van der Waals surface area contributed by atoms with Gasteiger partial charge in [-0.1, -0.05) is 46.3 Å². The van der Waals surface area contributed by atoms with Gasteiger partial charge in [-0.2, -0.15) is 0 Å². The standard InChI is InChI=1S/C23H22BrN3O4/c1-13-18-19(21(29)27(20(18)28)16-9-5-6-10-17(16)31-2)23(25-13)14-7-3-4-8-15(14)26(12-11-24)22(23)30/h3-10,13,18-19,25H,11-12H2,1-2H3/t13-,18+,19+,23-/m0/s1. The first kappa shape index (κ1) is 20.2. The molecule has 3 heterocycles. The Balaban J connectivity index is 1.67. The zero-order chi connectivity index (χ0) is 21.9. The molecule has 0 aromatic heterocycles. The summed E-state index contributed by atoms with van der Waals surface area (Å²) in [6.07, 6.45) is 0. The summed E-state index contributed by atoms with van der Waals surface area (Å²) in [4.78, 5) is 44.1. The monoisotopic (exact) mass is 483 g/mol. The van der Waals surface area contributed by atoms with E-state index in [-0.39, 0.29) is 23.8 Å². The number of nitrogens with one attached hydrogen (secondary N) is 1. The van der Waals surface area contributed by atoms with Crippen molar-refractivity contribution in [1.29, 1.82) is 0 Å². The molecule has 0 saturated carbocycles. The molecule has 1 spiro atoms. The Morgan fingerprint density at radius 2 is 1.71 bits per heavy atom. The van der Waals surface area contributed by atoms with Gasteiger partial charge in [0.25, 0.3) is 5.91 Å². The highest BCUT2D eigenvalue weighted by Gasteiger charge is 2.71. The number of halogens is 1. The molecule has 3 aliphatic heterocycles. The number of hydrogen-bond donors (Lipinski definition) is 1. The fraction of sp³-hybridized carbons (Fsp3) is 0.348. The third-order valence-corrected chi connectivity index (χ3v) is 7.00. The molecule has 3 aliphatic rings. The molecule has 3 amide bonds. The lowest BCUT2D eigenvalue weighted by atomic mass is 9.76. The van der Waals surface area contributed by atoms with Crippen LogP contribution in [-0.4, -0.2) is 42.7 Å². The number of ether oxygens (including phenoxy) is 1. The van der Waals surface area contributed by atoms with E-state index in [2.05, 4.69) is 21.2 Å². The smallest absolute Gasteiger partial charge is 0.252 e. The van der Waals surface area contributed by atoms with Crippen LogP contribution in [0.15, 0.2) is 48.5 Å². The van der Waals surface area contributed by atoms with Crippen molar-refractivity contribution in [2.45, 2.75) is 18.5 Å². The van der Waals surface area contributed by atoms with Crippen LogP contribution >= 0.6 is 15.9 Å². The molecule has 0 radical (unpaired) electrons. The van der Waals surface area contributed by atoms with Gasteiger partial charge in [0.15, 0.2) is 0 Å². The van der Waals surface area contributed by atoms with Crippen molar-refractivity contribution in [3.63, 3.8) is 0 Å². The van der Waals surface area contributed by atoms with E-state index in [4.69, 9.17) is 4.74 Å². The Bertz CT molecular complexity index is 1110. The van der Waals surface area contributed by atoms with Crippen molar-refractivity contribution in [3.8, 4) is 5.75 Å². The number of rotatable bonds is 4. The fourth-order valence-electron chi connectivity index (χ4n) is 5.47. The van der Waals surface area contributed by atoms with E-state index >= 15 is 0 Å². The highest BCUT2D eigenvalue weighted by atomic mass is 79.9. The molecule has 4 atom stereocenters. The highest BCUT2D eigenvalue weighted by Crippen LogP contribution is 2.55. The van der Waals surface area contributed by atoms with Gasteiger partial charge in [0.2, 0.25) is 11.8 Å². The first-order chi connectivity index (χ1) is 15.0. The number of anilines is 2. The molecular formula is C23H22BrN3O4. The minimum Gasteiger partial charge on any atom is -0.495 e. The molecule has 2 fully saturated rings. The van der Waals surface area contributed by atoms with Crippen LogP contribution in [0.5, 0.6) is 5.75 Å².